The van der Waals surface area contributed by atoms with Gasteiger partial charge in [0.1, 0.15) is 11.5 Å². The van der Waals surface area contributed by atoms with Gasteiger partial charge in [-0.15, -0.1) is 11.8 Å². The van der Waals surface area contributed by atoms with Gasteiger partial charge < -0.3 is 16.0 Å². The number of hydrogen-bond donors (Lipinski definition) is 3. The molecule has 0 radical (unpaired) electrons. The number of nitrogens with one attached hydrogen (secondary N) is 3. The minimum atomic E-state index is -0.493. The minimum Gasteiger partial charge on any atom is -0.321 e. The Hall–Kier alpha value is -6.26. The fraction of sp³-hybridized carbons (Fsp3) is 0.0513. The van der Waals surface area contributed by atoms with E-state index in [1.807, 2.05) is 78.9 Å². The standard InChI is InChI=1S/C39H31N5O4S/c45-36(42-35-25-37(46)44(43-35)32-14-8-3-9-15-32)26-49-33-22-20-31(21-23-33)40-39(48)34(41-38(47)30-12-6-2-7-13-30)24-27-16-18-29(19-17-27)28-10-4-1-5-11-28/h1-24H,25-26H2,(H,40,48)(H,41,47)(H,42,43,45)/b34-24-. The van der Waals surface area contributed by atoms with Crippen molar-refractivity contribution in [3.05, 3.63) is 156 Å². The highest BCUT2D eigenvalue weighted by Crippen LogP contribution is 2.23. The molecule has 0 bridgehead atoms. The number of hydrogen-bond acceptors (Lipinski definition) is 6. The lowest BCUT2D eigenvalue weighted by atomic mass is 10.0. The van der Waals surface area contributed by atoms with Gasteiger partial charge in [0.05, 0.1) is 17.9 Å². The summed E-state index contributed by atoms with van der Waals surface area (Å²) < 4.78 is 0. The van der Waals surface area contributed by atoms with Crippen LogP contribution in [0.4, 0.5) is 11.4 Å². The molecular weight excluding hydrogens is 635 g/mol. The third-order valence-corrected chi connectivity index (χ3v) is 8.41. The molecule has 0 saturated heterocycles. The van der Waals surface area contributed by atoms with Crippen molar-refractivity contribution in [1.82, 2.24) is 10.6 Å². The Bertz CT molecular complexity index is 2020. The van der Waals surface area contributed by atoms with Crippen molar-refractivity contribution in [2.75, 3.05) is 16.1 Å². The van der Waals surface area contributed by atoms with Gasteiger partial charge in [-0.2, -0.15) is 10.1 Å². The molecule has 0 unspecified atom stereocenters. The smallest absolute Gasteiger partial charge is 0.272 e. The second-order valence-electron chi connectivity index (χ2n) is 10.9. The summed E-state index contributed by atoms with van der Waals surface area (Å²) in [5, 5.41) is 13.9. The molecule has 0 spiro atoms. The van der Waals surface area contributed by atoms with Gasteiger partial charge in [0, 0.05) is 16.1 Å². The molecule has 49 heavy (non-hydrogen) atoms. The van der Waals surface area contributed by atoms with E-state index in [0.717, 1.165) is 21.6 Å². The second kappa shape index (κ2) is 15.6. The molecule has 4 amide bonds. The third-order valence-electron chi connectivity index (χ3n) is 7.40. The first-order valence-electron chi connectivity index (χ1n) is 15.4. The Morgan fingerprint density at radius 2 is 1.33 bits per heavy atom. The Morgan fingerprint density at radius 3 is 2.00 bits per heavy atom. The van der Waals surface area contributed by atoms with Gasteiger partial charge in [-0.05, 0) is 71.3 Å². The molecule has 1 aliphatic heterocycles. The zero-order chi connectivity index (χ0) is 34.0. The number of thioether (sulfide) groups is 1. The molecule has 3 N–H and O–H groups in total. The van der Waals surface area contributed by atoms with Crippen LogP contribution in [0.1, 0.15) is 22.3 Å². The van der Waals surface area contributed by atoms with Crippen LogP contribution in [0.3, 0.4) is 0 Å². The van der Waals surface area contributed by atoms with E-state index in [1.165, 1.54) is 16.8 Å². The van der Waals surface area contributed by atoms with E-state index >= 15 is 0 Å². The van der Waals surface area contributed by atoms with Crippen LogP contribution in [0.5, 0.6) is 0 Å². The molecule has 242 valence electrons. The Morgan fingerprint density at radius 1 is 0.714 bits per heavy atom. The molecule has 0 fully saturated rings. The van der Waals surface area contributed by atoms with Gasteiger partial charge in [-0.25, -0.2) is 0 Å². The molecular formula is C39H31N5O4S. The summed E-state index contributed by atoms with van der Waals surface area (Å²) in [6, 6.07) is 42.4. The van der Waals surface area contributed by atoms with Gasteiger partial charge in [-0.1, -0.05) is 91.0 Å². The number of anilines is 2. The monoisotopic (exact) mass is 665 g/mol. The maximum atomic E-state index is 13.5. The van der Waals surface area contributed by atoms with Gasteiger partial charge in [0.15, 0.2) is 0 Å². The van der Waals surface area contributed by atoms with Crippen LogP contribution in [-0.4, -0.2) is 35.2 Å². The molecule has 0 saturated carbocycles. The number of rotatable bonds is 10. The highest BCUT2D eigenvalue weighted by atomic mass is 32.2. The maximum absolute atomic E-state index is 13.5. The quantitative estimate of drug-likeness (QED) is 0.113. The van der Waals surface area contributed by atoms with Crippen molar-refractivity contribution in [2.24, 2.45) is 5.10 Å². The van der Waals surface area contributed by atoms with E-state index in [2.05, 4.69) is 21.1 Å². The van der Waals surface area contributed by atoms with Gasteiger partial charge in [0.25, 0.3) is 17.7 Å². The van der Waals surface area contributed by atoms with Crippen molar-refractivity contribution >= 4 is 58.7 Å². The van der Waals surface area contributed by atoms with E-state index in [-0.39, 0.29) is 29.7 Å². The zero-order valence-corrected chi connectivity index (χ0v) is 27.0. The Kier molecular flexibility index (Phi) is 10.4. The zero-order valence-electron chi connectivity index (χ0n) is 26.2. The predicted octanol–water partition coefficient (Wildman–Crippen LogP) is 6.72. The lowest BCUT2D eigenvalue weighted by Crippen LogP contribution is -2.31. The van der Waals surface area contributed by atoms with Crippen LogP contribution < -0.4 is 21.0 Å². The lowest BCUT2D eigenvalue weighted by Gasteiger charge is -2.12. The van der Waals surface area contributed by atoms with Crippen molar-refractivity contribution in [3.63, 3.8) is 0 Å². The summed E-state index contributed by atoms with van der Waals surface area (Å²) in [7, 11) is 0. The Labute approximate surface area is 287 Å². The molecule has 6 rings (SSSR count). The van der Waals surface area contributed by atoms with Gasteiger partial charge in [0.2, 0.25) is 5.91 Å². The van der Waals surface area contributed by atoms with Gasteiger partial charge >= 0.3 is 0 Å². The van der Waals surface area contributed by atoms with Gasteiger partial charge in [-0.3, -0.25) is 19.2 Å². The van der Waals surface area contributed by atoms with Crippen molar-refractivity contribution < 1.29 is 19.2 Å². The van der Waals surface area contributed by atoms with Crippen LogP contribution in [0, 0.1) is 0 Å². The lowest BCUT2D eigenvalue weighted by molar-refractivity contribution is -0.117. The first kappa shape index (κ1) is 32.7. The third kappa shape index (κ3) is 8.76. The first-order valence-corrected chi connectivity index (χ1v) is 16.4. The predicted molar refractivity (Wildman–Crippen MR) is 194 cm³/mol. The molecule has 1 aliphatic rings. The fourth-order valence-corrected chi connectivity index (χ4v) is 5.66. The number of para-hydroxylation sites is 1. The van der Waals surface area contributed by atoms with Crippen LogP contribution in [0.25, 0.3) is 17.2 Å². The second-order valence-corrected chi connectivity index (χ2v) is 12.0. The number of amidine groups is 1. The van der Waals surface area contributed by atoms with E-state index in [0.29, 0.717) is 22.8 Å². The number of carbonyl (C=O) groups is 4. The highest BCUT2D eigenvalue weighted by molar-refractivity contribution is 8.00. The van der Waals surface area contributed by atoms with Crippen molar-refractivity contribution in [1.29, 1.82) is 0 Å². The van der Waals surface area contributed by atoms with Crippen LogP contribution >= 0.6 is 11.8 Å². The largest absolute Gasteiger partial charge is 0.321 e. The summed E-state index contributed by atoms with van der Waals surface area (Å²) in [6.45, 7) is 0. The van der Waals surface area contributed by atoms with Crippen LogP contribution in [-0.2, 0) is 14.4 Å². The molecule has 5 aromatic rings. The fourth-order valence-electron chi connectivity index (χ4n) is 4.96. The molecule has 0 atom stereocenters. The number of benzene rings is 5. The van der Waals surface area contributed by atoms with Crippen LogP contribution in [0.15, 0.2) is 155 Å². The molecule has 0 aromatic heterocycles. The SMILES string of the molecule is O=C(CSc1ccc(NC(=O)/C(=C/c2ccc(-c3ccccc3)cc2)NC(=O)c2ccccc2)cc1)NC1=NN(c2ccccc2)C(=O)C1. The summed E-state index contributed by atoms with van der Waals surface area (Å²) in [5.74, 6) is -1.00. The van der Waals surface area contributed by atoms with E-state index < -0.39 is 11.8 Å². The highest BCUT2D eigenvalue weighted by Gasteiger charge is 2.26. The number of carbonyl (C=O) groups excluding carboxylic acids is 4. The molecule has 0 aliphatic carbocycles. The van der Waals surface area contributed by atoms with Crippen LogP contribution in [0.2, 0.25) is 0 Å². The summed E-state index contributed by atoms with van der Waals surface area (Å²) in [6.07, 6.45) is 1.65. The van der Waals surface area contributed by atoms with Crippen molar-refractivity contribution in [3.8, 4) is 11.1 Å². The Balaban J connectivity index is 1.08. The molecule has 1 heterocycles. The van der Waals surface area contributed by atoms with E-state index in [1.54, 1.807) is 66.7 Å². The average Bonchev–Trinajstić information content (AvgIpc) is 3.51. The maximum Gasteiger partial charge on any atom is 0.272 e. The van der Waals surface area contributed by atoms with E-state index in [4.69, 9.17) is 0 Å². The summed E-state index contributed by atoms with van der Waals surface area (Å²) in [5.41, 5.74) is 4.50. The van der Waals surface area contributed by atoms with E-state index in [9.17, 15) is 19.2 Å². The topological polar surface area (TPSA) is 120 Å². The normalized spacial score (nSPS) is 12.7. The summed E-state index contributed by atoms with van der Waals surface area (Å²) in [4.78, 5) is 52.3. The molecule has 10 heteroatoms. The molecule has 9 nitrogen and oxygen atoms in total. The summed E-state index contributed by atoms with van der Waals surface area (Å²) >= 11 is 1.30. The number of nitrogens with zero attached hydrogens (tertiary/aromatic N) is 2. The number of amides is 4. The number of hydrazone groups is 1. The average molecular weight is 666 g/mol. The van der Waals surface area contributed by atoms with Crippen molar-refractivity contribution in [2.45, 2.75) is 11.3 Å². The minimum absolute atomic E-state index is 0.0148. The molecule has 5 aromatic carbocycles. The first-order chi connectivity index (χ1) is 23.9.